The molecular formula is C20H19Cl3N4O2S. The van der Waals surface area contributed by atoms with Gasteiger partial charge in [-0.25, -0.2) is 0 Å². The molecule has 1 N–H and O–H groups in total. The number of aryl methyl sites for hydroxylation is 1. The number of hydrogen-bond donors (Lipinski definition) is 1. The molecule has 158 valence electrons. The molecule has 0 unspecified atom stereocenters. The molecule has 2 aromatic carbocycles. The molecule has 6 nitrogen and oxygen atoms in total. The van der Waals surface area contributed by atoms with Gasteiger partial charge in [-0.3, -0.25) is 4.79 Å². The van der Waals surface area contributed by atoms with Crippen LogP contribution in [-0.4, -0.2) is 26.4 Å². The van der Waals surface area contributed by atoms with E-state index in [2.05, 4.69) is 15.5 Å². The second kappa shape index (κ2) is 10.4. The van der Waals surface area contributed by atoms with Gasteiger partial charge >= 0.3 is 0 Å². The summed E-state index contributed by atoms with van der Waals surface area (Å²) in [4.78, 5) is 12.3. The van der Waals surface area contributed by atoms with E-state index in [1.807, 2.05) is 30.5 Å². The number of carbonyl (C=O) groups is 1. The van der Waals surface area contributed by atoms with Crippen LogP contribution in [0, 0.1) is 6.92 Å². The Kier molecular flexibility index (Phi) is 7.88. The van der Waals surface area contributed by atoms with Crippen LogP contribution >= 0.6 is 46.6 Å². The van der Waals surface area contributed by atoms with E-state index in [-0.39, 0.29) is 18.3 Å². The van der Waals surface area contributed by atoms with Gasteiger partial charge in [0.15, 0.2) is 11.0 Å². The lowest BCUT2D eigenvalue weighted by molar-refractivity contribution is -0.113. The zero-order valence-corrected chi connectivity index (χ0v) is 19.4. The number of thioether (sulfide) groups is 1. The summed E-state index contributed by atoms with van der Waals surface area (Å²) in [7, 11) is 0. The molecule has 3 rings (SSSR count). The van der Waals surface area contributed by atoms with E-state index in [0.29, 0.717) is 44.0 Å². The highest BCUT2D eigenvalue weighted by molar-refractivity contribution is 7.99. The van der Waals surface area contributed by atoms with Crippen molar-refractivity contribution in [3.8, 4) is 5.75 Å². The van der Waals surface area contributed by atoms with E-state index in [4.69, 9.17) is 39.5 Å². The molecule has 1 aromatic heterocycles. The van der Waals surface area contributed by atoms with E-state index >= 15 is 0 Å². The lowest BCUT2D eigenvalue weighted by Gasteiger charge is -2.10. The SMILES string of the molecule is CCn1c(COc2ccc(Cl)c(C)c2)nnc1SCC(=O)Nc1cc(Cl)ccc1Cl. The number of nitrogens with zero attached hydrogens (tertiary/aromatic N) is 3. The van der Waals surface area contributed by atoms with Crippen LogP contribution in [-0.2, 0) is 17.9 Å². The minimum Gasteiger partial charge on any atom is -0.486 e. The minimum atomic E-state index is -0.218. The maximum Gasteiger partial charge on any atom is 0.234 e. The molecule has 0 spiro atoms. The Morgan fingerprint density at radius 3 is 2.63 bits per heavy atom. The van der Waals surface area contributed by atoms with Crippen molar-refractivity contribution in [1.82, 2.24) is 14.8 Å². The average Bonchev–Trinajstić information content (AvgIpc) is 3.12. The maximum absolute atomic E-state index is 12.3. The van der Waals surface area contributed by atoms with E-state index in [9.17, 15) is 4.79 Å². The number of amides is 1. The number of nitrogens with one attached hydrogen (secondary N) is 1. The van der Waals surface area contributed by atoms with Gasteiger partial charge in [0.1, 0.15) is 12.4 Å². The normalized spacial score (nSPS) is 10.8. The third kappa shape index (κ3) is 5.82. The van der Waals surface area contributed by atoms with Gasteiger partial charge in [-0.2, -0.15) is 0 Å². The highest BCUT2D eigenvalue weighted by Gasteiger charge is 2.15. The van der Waals surface area contributed by atoms with Crippen LogP contribution in [0.25, 0.3) is 0 Å². The molecule has 30 heavy (non-hydrogen) atoms. The summed E-state index contributed by atoms with van der Waals surface area (Å²) in [5.74, 6) is 1.31. The van der Waals surface area contributed by atoms with Crippen molar-refractivity contribution in [3.63, 3.8) is 0 Å². The fourth-order valence-electron chi connectivity index (χ4n) is 2.61. The van der Waals surface area contributed by atoms with Crippen molar-refractivity contribution in [2.45, 2.75) is 32.2 Å². The zero-order valence-electron chi connectivity index (χ0n) is 16.3. The summed E-state index contributed by atoms with van der Waals surface area (Å²) in [5.41, 5.74) is 1.41. The molecule has 0 aliphatic rings. The van der Waals surface area contributed by atoms with Crippen LogP contribution in [0.5, 0.6) is 5.75 Å². The number of halogens is 3. The largest absolute Gasteiger partial charge is 0.486 e. The van der Waals surface area contributed by atoms with Crippen molar-refractivity contribution >= 4 is 58.2 Å². The molecule has 0 saturated heterocycles. The summed E-state index contributed by atoms with van der Waals surface area (Å²) in [6.45, 7) is 4.80. The van der Waals surface area contributed by atoms with E-state index in [1.54, 1.807) is 24.3 Å². The molecule has 3 aromatic rings. The summed E-state index contributed by atoms with van der Waals surface area (Å²) in [6, 6.07) is 10.4. The molecule has 0 aliphatic carbocycles. The van der Waals surface area contributed by atoms with Gasteiger partial charge in [0.05, 0.1) is 16.5 Å². The van der Waals surface area contributed by atoms with Crippen molar-refractivity contribution < 1.29 is 9.53 Å². The molecule has 1 heterocycles. The number of hydrogen-bond acceptors (Lipinski definition) is 5. The van der Waals surface area contributed by atoms with Crippen LogP contribution in [0.3, 0.4) is 0 Å². The first-order valence-corrected chi connectivity index (χ1v) is 11.2. The van der Waals surface area contributed by atoms with E-state index in [1.165, 1.54) is 11.8 Å². The van der Waals surface area contributed by atoms with Crippen LogP contribution in [0.2, 0.25) is 15.1 Å². The second-order valence-corrected chi connectivity index (χ2v) is 8.50. The third-order valence-corrected chi connectivity index (χ3v) is 6.10. The Morgan fingerprint density at radius 2 is 1.90 bits per heavy atom. The van der Waals surface area contributed by atoms with Crippen LogP contribution in [0.15, 0.2) is 41.6 Å². The highest BCUT2D eigenvalue weighted by atomic mass is 35.5. The van der Waals surface area contributed by atoms with Gasteiger partial charge in [0.25, 0.3) is 0 Å². The third-order valence-electron chi connectivity index (χ3n) is 4.14. The Hall–Kier alpha value is -1.93. The number of benzene rings is 2. The van der Waals surface area contributed by atoms with Crippen LogP contribution < -0.4 is 10.1 Å². The molecule has 0 aliphatic heterocycles. The molecule has 1 amide bonds. The van der Waals surface area contributed by atoms with Crippen LogP contribution in [0.1, 0.15) is 18.3 Å². The molecule has 0 radical (unpaired) electrons. The fourth-order valence-corrected chi connectivity index (χ4v) is 3.89. The Morgan fingerprint density at radius 1 is 1.13 bits per heavy atom. The van der Waals surface area contributed by atoms with Gasteiger partial charge in [0, 0.05) is 16.6 Å². The number of anilines is 1. The Labute approximate surface area is 193 Å². The Bertz CT molecular complexity index is 1060. The van der Waals surface area contributed by atoms with E-state index < -0.39 is 0 Å². The summed E-state index contributed by atoms with van der Waals surface area (Å²) >= 11 is 19.4. The highest BCUT2D eigenvalue weighted by Crippen LogP contribution is 2.26. The molecular weight excluding hydrogens is 467 g/mol. The van der Waals surface area contributed by atoms with Gasteiger partial charge in [-0.05, 0) is 55.8 Å². The quantitative estimate of drug-likeness (QED) is 0.404. The van der Waals surface area contributed by atoms with Gasteiger partial charge in [-0.1, -0.05) is 46.6 Å². The van der Waals surface area contributed by atoms with Crippen molar-refractivity contribution in [2.75, 3.05) is 11.1 Å². The first-order valence-electron chi connectivity index (χ1n) is 9.06. The number of rotatable bonds is 8. The topological polar surface area (TPSA) is 69.0 Å². The molecule has 10 heteroatoms. The number of aromatic nitrogens is 3. The molecule has 0 atom stereocenters. The monoisotopic (exact) mass is 484 g/mol. The average molecular weight is 486 g/mol. The van der Waals surface area contributed by atoms with E-state index in [0.717, 1.165) is 5.56 Å². The van der Waals surface area contributed by atoms with Crippen LogP contribution in [0.4, 0.5) is 5.69 Å². The zero-order chi connectivity index (χ0) is 21.7. The maximum atomic E-state index is 12.3. The predicted octanol–water partition coefficient (Wildman–Crippen LogP) is 5.88. The summed E-state index contributed by atoms with van der Waals surface area (Å²) in [5, 5.41) is 13.4. The smallest absolute Gasteiger partial charge is 0.234 e. The number of carbonyl (C=O) groups excluding carboxylic acids is 1. The fraction of sp³-hybridized carbons (Fsp3) is 0.250. The van der Waals surface area contributed by atoms with Gasteiger partial charge in [-0.15, -0.1) is 10.2 Å². The first-order chi connectivity index (χ1) is 14.4. The van der Waals surface area contributed by atoms with Crippen molar-refractivity contribution in [1.29, 1.82) is 0 Å². The lowest BCUT2D eigenvalue weighted by atomic mass is 10.2. The van der Waals surface area contributed by atoms with Crippen molar-refractivity contribution in [2.24, 2.45) is 0 Å². The predicted molar refractivity (Wildman–Crippen MR) is 122 cm³/mol. The lowest BCUT2D eigenvalue weighted by Crippen LogP contribution is -2.15. The first kappa shape index (κ1) is 22.7. The second-order valence-electron chi connectivity index (χ2n) is 6.30. The minimum absolute atomic E-state index is 0.151. The van der Waals surface area contributed by atoms with Gasteiger partial charge in [0.2, 0.25) is 5.91 Å². The number of ether oxygens (including phenoxy) is 1. The molecule has 0 fully saturated rings. The van der Waals surface area contributed by atoms with Crippen molar-refractivity contribution in [3.05, 3.63) is 62.9 Å². The van der Waals surface area contributed by atoms with Gasteiger partial charge < -0.3 is 14.6 Å². The Balaban J connectivity index is 1.60. The summed E-state index contributed by atoms with van der Waals surface area (Å²) in [6.07, 6.45) is 0. The standard InChI is InChI=1S/C20H19Cl3N4O2S/c1-3-27-18(10-29-14-5-7-15(22)12(2)8-14)25-26-20(27)30-11-19(28)24-17-9-13(21)4-6-16(17)23/h4-9H,3,10-11H2,1-2H3,(H,24,28). The molecule has 0 bridgehead atoms. The summed E-state index contributed by atoms with van der Waals surface area (Å²) < 4.78 is 7.72. The molecule has 0 saturated carbocycles.